The summed E-state index contributed by atoms with van der Waals surface area (Å²) in [5, 5.41) is 10.2. The zero-order chi connectivity index (χ0) is 24.9. The lowest BCUT2D eigenvalue weighted by atomic mass is 9.69. The van der Waals surface area contributed by atoms with E-state index < -0.39 is 11.0 Å². The summed E-state index contributed by atoms with van der Waals surface area (Å²) in [5.74, 6) is 0.807. The van der Waals surface area contributed by atoms with Crippen molar-refractivity contribution in [3.8, 4) is 11.8 Å². The summed E-state index contributed by atoms with van der Waals surface area (Å²) in [4.78, 5) is 16.7. The first-order valence-corrected chi connectivity index (χ1v) is 12.7. The molecule has 0 spiro atoms. The second kappa shape index (κ2) is 10.7. The largest absolute Gasteiger partial charge is 0.489 e. The van der Waals surface area contributed by atoms with Gasteiger partial charge in [-0.15, -0.1) is 0 Å². The molecule has 0 atom stereocenters. The van der Waals surface area contributed by atoms with Crippen LogP contribution in [0.2, 0.25) is 0 Å². The maximum atomic E-state index is 12.4. The first kappa shape index (κ1) is 25.1. The molecule has 35 heavy (non-hydrogen) atoms. The predicted octanol–water partition coefficient (Wildman–Crippen LogP) is 5.52. The van der Waals surface area contributed by atoms with E-state index in [0.717, 1.165) is 55.6 Å². The lowest BCUT2D eigenvalue weighted by molar-refractivity contribution is 0.00722. The number of nitrogens with zero attached hydrogens (tertiary/aromatic N) is 3. The highest BCUT2D eigenvalue weighted by atomic mass is 16.6. The van der Waals surface area contributed by atoms with E-state index in [-0.39, 0.29) is 6.09 Å². The maximum Gasteiger partial charge on any atom is 0.410 e. The van der Waals surface area contributed by atoms with Gasteiger partial charge in [-0.3, -0.25) is 4.90 Å². The van der Waals surface area contributed by atoms with Crippen molar-refractivity contribution >= 4 is 6.09 Å². The quantitative estimate of drug-likeness (QED) is 0.569. The van der Waals surface area contributed by atoms with Gasteiger partial charge in [-0.2, -0.15) is 5.26 Å². The van der Waals surface area contributed by atoms with Gasteiger partial charge in [-0.1, -0.05) is 42.5 Å². The Morgan fingerprint density at radius 1 is 1.03 bits per heavy atom. The lowest BCUT2D eigenvalue weighted by Crippen LogP contribution is -2.54. The number of amides is 1. The molecule has 2 aliphatic rings. The molecule has 186 valence electrons. The van der Waals surface area contributed by atoms with E-state index in [1.54, 1.807) is 0 Å². The molecule has 0 unspecified atom stereocenters. The Kier molecular flexibility index (Phi) is 7.66. The van der Waals surface area contributed by atoms with E-state index in [4.69, 9.17) is 9.47 Å². The van der Waals surface area contributed by atoms with Crippen molar-refractivity contribution in [3.63, 3.8) is 0 Å². The highest BCUT2D eigenvalue weighted by molar-refractivity contribution is 5.68. The molecule has 1 saturated carbocycles. The monoisotopic (exact) mass is 475 g/mol. The van der Waals surface area contributed by atoms with Crippen molar-refractivity contribution in [1.29, 1.82) is 5.26 Å². The average Bonchev–Trinajstić information content (AvgIpc) is 2.87. The zero-order valence-electron chi connectivity index (χ0n) is 21.2. The number of rotatable bonds is 5. The highest BCUT2D eigenvalue weighted by Crippen LogP contribution is 2.41. The van der Waals surface area contributed by atoms with Gasteiger partial charge in [0.15, 0.2) is 0 Å². The van der Waals surface area contributed by atoms with Gasteiger partial charge in [0.05, 0.1) is 11.5 Å². The molecule has 4 rings (SSSR count). The summed E-state index contributed by atoms with van der Waals surface area (Å²) in [6.45, 7) is 9.30. The number of benzene rings is 2. The minimum absolute atomic E-state index is 0.223. The topological polar surface area (TPSA) is 65.8 Å². The molecule has 1 saturated heterocycles. The molecule has 0 bridgehead atoms. The summed E-state index contributed by atoms with van der Waals surface area (Å²) in [6.07, 6.45) is 3.41. The van der Waals surface area contributed by atoms with Crippen molar-refractivity contribution < 1.29 is 14.3 Å². The second-order valence-corrected chi connectivity index (χ2v) is 10.7. The molecule has 1 amide bonds. The van der Waals surface area contributed by atoms with Crippen LogP contribution in [-0.4, -0.2) is 53.7 Å². The Bertz CT molecular complexity index is 1030. The van der Waals surface area contributed by atoms with E-state index in [1.165, 1.54) is 0 Å². The molecular formula is C29H37N3O3. The third-order valence-electron chi connectivity index (χ3n) is 7.14. The smallest absolute Gasteiger partial charge is 0.410 e. The molecule has 2 aromatic carbocycles. The first-order chi connectivity index (χ1) is 16.8. The molecule has 0 N–H and O–H groups in total. The SMILES string of the molecule is CC(C)(C)OC(=O)N1CCN([C@H]2CC[C@](C#N)(c3cccc(OCc4ccccc4)c3)CC2)CC1. The van der Waals surface area contributed by atoms with Crippen LogP contribution in [0.3, 0.4) is 0 Å². The van der Waals surface area contributed by atoms with Gasteiger partial charge < -0.3 is 14.4 Å². The molecule has 1 heterocycles. The number of carbonyl (C=O) groups is 1. The van der Waals surface area contributed by atoms with Crippen molar-refractivity contribution in [2.24, 2.45) is 0 Å². The Morgan fingerprint density at radius 2 is 1.71 bits per heavy atom. The van der Waals surface area contributed by atoms with Gasteiger partial charge >= 0.3 is 6.09 Å². The molecule has 6 heteroatoms. The standard InChI is InChI=1S/C29H37N3O3/c1-28(2,3)35-27(33)32-18-16-31(17-19-32)25-12-14-29(22-30,15-13-25)24-10-7-11-26(20-24)34-21-23-8-5-4-6-9-23/h4-11,20,25H,12-19,21H2,1-3H3/t25-,29-. The van der Waals surface area contributed by atoms with Gasteiger partial charge in [0, 0.05) is 32.2 Å². The van der Waals surface area contributed by atoms with E-state index >= 15 is 0 Å². The molecular weight excluding hydrogens is 438 g/mol. The molecule has 0 radical (unpaired) electrons. The fourth-order valence-corrected chi connectivity index (χ4v) is 5.15. The molecule has 6 nitrogen and oxygen atoms in total. The minimum Gasteiger partial charge on any atom is -0.489 e. The second-order valence-electron chi connectivity index (χ2n) is 10.7. The van der Waals surface area contributed by atoms with Crippen LogP contribution in [0.4, 0.5) is 4.79 Å². The van der Waals surface area contributed by atoms with Crippen molar-refractivity contribution in [3.05, 3.63) is 65.7 Å². The fourth-order valence-electron chi connectivity index (χ4n) is 5.15. The van der Waals surface area contributed by atoms with Crippen molar-refractivity contribution in [1.82, 2.24) is 9.80 Å². The number of nitriles is 1. The van der Waals surface area contributed by atoms with Crippen LogP contribution in [0.5, 0.6) is 5.75 Å². The van der Waals surface area contributed by atoms with E-state index in [2.05, 4.69) is 29.2 Å². The van der Waals surface area contributed by atoms with Gasteiger partial charge in [0.2, 0.25) is 0 Å². The van der Waals surface area contributed by atoms with Crippen molar-refractivity contribution in [2.75, 3.05) is 26.2 Å². The minimum atomic E-state index is -0.471. The first-order valence-electron chi connectivity index (χ1n) is 12.7. The zero-order valence-corrected chi connectivity index (χ0v) is 21.2. The Balaban J connectivity index is 1.32. The number of hydrogen-bond donors (Lipinski definition) is 0. The van der Waals surface area contributed by atoms with Crippen LogP contribution < -0.4 is 4.74 Å². The third kappa shape index (κ3) is 6.35. The Morgan fingerprint density at radius 3 is 2.34 bits per heavy atom. The number of ether oxygens (including phenoxy) is 2. The third-order valence-corrected chi connectivity index (χ3v) is 7.14. The van der Waals surface area contributed by atoms with Gasteiger partial charge in [-0.05, 0) is 69.7 Å². The van der Waals surface area contributed by atoms with Crippen LogP contribution in [-0.2, 0) is 16.8 Å². The number of hydrogen-bond acceptors (Lipinski definition) is 5. The average molecular weight is 476 g/mol. The van der Waals surface area contributed by atoms with Crippen LogP contribution in [0.1, 0.15) is 57.6 Å². The van der Waals surface area contributed by atoms with Gasteiger partial charge in [-0.25, -0.2) is 4.79 Å². The summed E-state index contributed by atoms with van der Waals surface area (Å²) in [6, 6.07) is 21.3. The van der Waals surface area contributed by atoms with E-state index in [9.17, 15) is 10.1 Å². The van der Waals surface area contributed by atoms with Gasteiger partial charge in [0.25, 0.3) is 0 Å². The molecule has 0 aromatic heterocycles. The summed E-state index contributed by atoms with van der Waals surface area (Å²) in [5.41, 5.74) is 1.24. The van der Waals surface area contributed by atoms with Gasteiger partial charge in [0.1, 0.15) is 18.0 Å². The molecule has 1 aliphatic heterocycles. The number of piperazine rings is 1. The van der Waals surface area contributed by atoms with E-state index in [1.807, 2.05) is 62.1 Å². The Hall–Kier alpha value is -3.04. The van der Waals surface area contributed by atoms with Crippen LogP contribution in [0.15, 0.2) is 54.6 Å². The Labute approximate surface area is 209 Å². The summed E-state index contributed by atoms with van der Waals surface area (Å²) in [7, 11) is 0. The molecule has 2 fully saturated rings. The number of carbonyl (C=O) groups excluding carboxylic acids is 1. The van der Waals surface area contributed by atoms with Crippen LogP contribution in [0, 0.1) is 11.3 Å². The maximum absolute atomic E-state index is 12.4. The van der Waals surface area contributed by atoms with Crippen LogP contribution >= 0.6 is 0 Å². The summed E-state index contributed by atoms with van der Waals surface area (Å²) >= 11 is 0. The summed E-state index contributed by atoms with van der Waals surface area (Å²) < 4.78 is 11.6. The fraction of sp³-hybridized carbons (Fsp3) is 0.517. The van der Waals surface area contributed by atoms with Crippen LogP contribution in [0.25, 0.3) is 0 Å². The molecule has 1 aliphatic carbocycles. The van der Waals surface area contributed by atoms with Crippen molar-refractivity contribution in [2.45, 2.75) is 70.1 Å². The highest BCUT2D eigenvalue weighted by Gasteiger charge is 2.40. The lowest BCUT2D eigenvalue weighted by Gasteiger charge is -2.44. The normalized spacial score (nSPS) is 23.4. The molecule has 2 aromatic rings. The van der Waals surface area contributed by atoms with E-state index in [0.29, 0.717) is 25.7 Å². The predicted molar refractivity (Wildman–Crippen MR) is 136 cm³/mol.